The zero-order chi connectivity index (χ0) is 37.9. The van der Waals surface area contributed by atoms with E-state index in [9.17, 15) is 0 Å². The molecule has 3 rings (SSSR count). The fourth-order valence-electron chi connectivity index (χ4n) is 5.25. The van der Waals surface area contributed by atoms with Crippen LogP contribution < -0.4 is 0 Å². The van der Waals surface area contributed by atoms with Gasteiger partial charge in [-0.15, -0.1) is 0 Å². The van der Waals surface area contributed by atoms with Gasteiger partial charge in [-0.05, 0) is 16.7 Å². The maximum atomic E-state index is 6.73. The van der Waals surface area contributed by atoms with Crippen LogP contribution in [0.3, 0.4) is 0 Å². The third-order valence-electron chi connectivity index (χ3n) is 7.87. The predicted molar refractivity (Wildman–Crippen MR) is 205 cm³/mol. The number of rotatable bonds is 37. The molecule has 0 radical (unpaired) electrons. The van der Waals surface area contributed by atoms with E-state index >= 15 is 0 Å². The van der Waals surface area contributed by atoms with E-state index in [0.29, 0.717) is 145 Å². The summed E-state index contributed by atoms with van der Waals surface area (Å²) in [6.45, 7) is 11.2. The van der Waals surface area contributed by atoms with Crippen molar-refractivity contribution in [2.45, 2.75) is 5.60 Å². The molecule has 0 aromatic heterocycles. The second-order valence-corrected chi connectivity index (χ2v) is 11.7. The highest BCUT2D eigenvalue weighted by Gasteiger charge is 2.37. The maximum absolute atomic E-state index is 6.73. The van der Waals surface area contributed by atoms with Gasteiger partial charge in [0.25, 0.3) is 0 Å². The van der Waals surface area contributed by atoms with E-state index in [1.807, 2.05) is 54.6 Å². The average Bonchev–Trinajstić information content (AvgIpc) is 3.22. The van der Waals surface area contributed by atoms with Gasteiger partial charge < -0.3 is 56.8 Å². The van der Waals surface area contributed by atoms with Crippen LogP contribution >= 0.6 is 0 Å². The Kier molecular flexibility index (Phi) is 27.4. The standard InChI is InChI=1S/C42H62O12/c1-43-17-18-44-19-20-45-21-22-46-23-24-47-25-26-48-27-28-49-29-30-50-31-32-51-33-34-52-35-36-53-37-38-54-42(39-11-5-2-6-12-39,40-13-7-3-8-14-40)41-15-9-4-10-16-41/h2-16H,17-38H2,1H3. The molecule has 0 amide bonds. The molecule has 3 aromatic carbocycles. The molecule has 0 unspecified atom stereocenters. The van der Waals surface area contributed by atoms with E-state index in [0.717, 1.165) is 16.7 Å². The highest BCUT2D eigenvalue weighted by Crippen LogP contribution is 2.40. The van der Waals surface area contributed by atoms with Crippen LogP contribution in [0.1, 0.15) is 16.7 Å². The van der Waals surface area contributed by atoms with Crippen LogP contribution in [0.4, 0.5) is 0 Å². The maximum Gasteiger partial charge on any atom is 0.143 e. The first-order valence-corrected chi connectivity index (χ1v) is 18.9. The molecular weight excluding hydrogens is 696 g/mol. The van der Waals surface area contributed by atoms with Crippen molar-refractivity contribution in [2.24, 2.45) is 0 Å². The predicted octanol–water partition coefficient (Wildman–Crippen LogP) is 4.81. The van der Waals surface area contributed by atoms with Crippen molar-refractivity contribution >= 4 is 0 Å². The highest BCUT2D eigenvalue weighted by molar-refractivity contribution is 5.47. The second-order valence-electron chi connectivity index (χ2n) is 11.7. The van der Waals surface area contributed by atoms with Crippen LogP contribution in [0.25, 0.3) is 0 Å². The first-order chi connectivity index (χ1) is 26.9. The van der Waals surface area contributed by atoms with Gasteiger partial charge in [-0.25, -0.2) is 0 Å². The zero-order valence-electron chi connectivity index (χ0n) is 32.1. The van der Waals surface area contributed by atoms with Gasteiger partial charge in [-0.3, -0.25) is 0 Å². The van der Waals surface area contributed by atoms with Crippen LogP contribution in [-0.2, 0) is 62.4 Å². The summed E-state index contributed by atoms with van der Waals surface area (Å²) < 4.78 is 67.0. The van der Waals surface area contributed by atoms with E-state index < -0.39 is 5.60 Å². The molecule has 0 bridgehead atoms. The summed E-state index contributed by atoms with van der Waals surface area (Å²) in [6, 6.07) is 31.0. The summed E-state index contributed by atoms with van der Waals surface area (Å²) in [5.41, 5.74) is 2.45. The normalized spacial score (nSPS) is 11.7. The quantitative estimate of drug-likeness (QED) is 0.0595. The number of methoxy groups -OCH3 is 1. The lowest BCUT2D eigenvalue weighted by Gasteiger charge is -2.36. The molecule has 0 spiro atoms. The molecule has 0 saturated carbocycles. The van der Waals surface area contributed by atoms with Gasteiger partial charge in [-0.2, -0.15) is 0 Å². The molecule has 0 fully saturated rings. The van der Waals surface area contributed by atoms with Crippen molar-refractivity contribution < 1.29 is 56.8 Å². The van der Waals surface area contributed by atoms with E-state index in [-0.39, 0.29) is 0 Å². The molecule has 0 aliphatic rings. The Labute approximate surface area is 322 Å². The zero-order valence-corrected chi connectivity index (χ0v) is 32.1. The number of ether oxygens (including phenoxy) is 12. The van der Waals surface area contributed by atoms with Gasteiger partial charge in [0.1, 0.15) is 5.60 Å². The summed E-state index contributed by atoms with van der Waals surface area (Å²) in [4.78, 5) is 0. The first-order valence-electron chi connectivity index (χ1n) is 18.9. The monoisotopic (exact) mass is 758 g/mol. The van der Waals surface area contributed by atoms with Gasteiger partial charge >= 0.3 is 0 Å². The number of hydrogen-bond acceptors (Lipinski definition) is 12. The Morgan fingerprint density at radius 1 is 0.278 bits per heavy atom. The lowest BCUT2D eigenvalue weighted by molar-refractivity contribution is -0.0399. The topological polar surface area (TPSA) is 111 Å². The van der Waals surface area contributed by atoms with Crippen LogP contribution in [0.2, 0.25) is 0 Å². The fraction of sp³-hybridized carbons (Fsp3) is 0.571. The molecule has 0 aliphatic heterocycles. The summed E-state index contributed by atoms with van der Waals surface area (Å²) in [5.74, 6) is 0. The van der Waals surface area contributed by atoms with Gasteiger partial charge in [0.15, 0.2) is 0 Å². The average molecular weight is 759 g/mol. The highest BCUT2D eigenvalue weighted by atomic mass is 16.6. The summed E-state index contributed by atoms with van der Waals surface area (Å²) >= 11 is 0. The van der Waals surface area contributed by atoms with Gasteiger partial charge in [-0.1, -0.05) is 91.0 Å². The van der Waals surface area contributed by atoms with Gasteiger partial charge in [0.05, 0.1) is 145 Å². The van der Waals surface area contributed by atoms with Crippen LogP contribution in [0.15, 0.2) is 91.0 Å². The molecule has 302 valence electrons. The molecular formula is C42H62O12. The summed E-state index contributed by atoms with van der Waals surface area (Å²) in [5, 5.41) is 0. The van der Waals surface area contributed by atoms with Crippen molar-refractivity contribution in [3.8, 4) is 0 Å². The van der Waals surface area contributed by atoms with Crippen LogP contribution in [0.5, 0.6) is 0 Å². The van der Waals surface area contributed by atoms with Crippen LogP contribution in [0, 0.1) is 0 Å². The molecule has 54 heavy (non-hydrogen) atoms. The summed E-state index contributed by atoms with van der Waals surface area (Å²) in [6.07, 6.45) is 0. The Morgan fingerprint density at radius 2 is 0.481 bits per heavy atom. The summed E-state index contributed by atoms with van der Waals surface area (Å²) in [7, 11) is 1.65. The molecule has 12 nitrogen and oxygen atoms in total. The lowest BCUT2D eigenvalue weighted by atomic mass is 9.80. The Hall–Kier alpha value is -2.82. The SMILES string of the molecule is COCCOCCOCCOCCOCCOCCOCCOCCOCCOCCOCCOC(c1ccccc1)(c1ccccc1)c1ccccc1. The molecule has 0 heterocycles. The minimum absolute atomic E-state index is 0.416. The van der Waals surface area contributed by atoms with Gasteiger partial charge in [0, 0.05) is 7.11 Å². The minimum atomic E-state index is -0.751. The van der Waals surface area contributed by atoms with Crippen molar-refractivity contribution in [3.05, 3.63) is 108 Å². The van der Waals surface area contributed by atoms with E-state index in [1.54, 1.807) is 7.11 Å². The fourth-order valence-corrected chi connectivity index (χ4v) is 5.25. The van der Waals surface area contributed by atoms with Crippen molar-refractivity contribution in [1.82, 2.24) is 0 Å². The Balaban J connectivity index is 1.06. The minimum Gasteiger partial charge on any atom is -0.382 e. The van der Waals surface area contributed by atoms with Gasteiger partial charge in [0.2, 0.25) is 0 Å². The molecule has 12 heteroatoms. The lowest BCUT2D eigenvalue weighted by Crippen LogP contribution is -2.34. The van der Waals surface area contributed by atoms with E-state index in [4.69, 9.17) is 56.8 Å². The molecule has 0 saturated heterocycles. The van der Waals surface area contributed by atoms with Crippen molar-refractivity contribution in [3.63, 3.8) is 0 Å². The number of hydrogen-bond donors (Lipinski definition) is 0. The first kappa shape index (κ1) is 45.6. The molecule has 3 aromatic rings. The van der Waals surface area contributed by atoms with Crippen molar-refractivity contribution in [2.75, 3.05) is 152 Å². The smallest absolute Gasteiger partial charge is 0.143 e. The molecule has 0 aliphatic carbocycles. The second kappa shape index (κ2) is 32.4. The van der Waals surface area contributed by atoms with Crippen LogP contribution in [-0.4, -0.2) is 152 Å². The van der Waals surface area contributed by atoms with E-state index in [1.165, 1.54) is 0 Å². The molecule has 0 atom stereocenters. The largest absolute Gasteiger partial charge is 0.382 e. The van der Waals surface area contributed by atoms with Crippen molar-refractivity contribution in [1.29, 1.82) is 0 Å². The molecule has 0 N–H and O–H groups in total. The third kappa shape index (κ3) is 20.2. The number of benzene rings is 3. The third-order valence-corrected chi connectivity index (χ3v) is 7.87. The Bertz CT molecular complexity index is 1130. The van der Waals surface area contributed by atoms with E-state index in [2.05, 4.69) is 36.4 Å². The Morgan fingerprint density at radius 3 is 0.704 bits per heavy atom.